The number of aliphatic carboxylic acids is 1. The molecule has 1 heterocycles. The molecule has 3 N–H and O–H groups in total. The summed E-state index contributed by atoms with van der Waals surface area (Å²) < 4.78 is 5.36. The number of halogens is 1. The molecule has 0 bridgehead atoms. The molecule has 0 amide bonds. The first-order valence-corrected chi connectivity index (χ1v) is 11.7. The summed E-state index contributed by atoms with van der Waals surface area (Å²) in [4.78, 5) is 15.1. The van der Waals surface area contributed by atoms with Gasteiger partial charge in [-0.15, -0.1) is 0 Å². The monoisotopic (exact) mass is 488 g/mol. The number of carbonyl (C=O) groups is 1. The number of hydrogen-bond donors (Lipinski definition) is 3. The summed E-state index contributed by atoms with van der Waals surface area (Å²) in [6.07, 6.45) is 17.5. The normalized spacial score (nSPS) is 21.3. The fraction of sp³-hybridized carbons (Fsp3) is 0.407. The molecule has 186 valence electrons. The van der Waals surface area contributed by atoms with Gasteiger partial charge in [-0.25, -0.2) is 9.79 Å². The molecule has 0 saturated heterocycles. The zero-order chi connectivity index (χ0) is 25.9. The summed E-state index contributed by atoms with van der Waals surface area (Å²) in [6.45, 7) is 15.0. The Morgan fingerprint density at radius 3 is 2.53 bits per heavy atom. The molecule has 7 heteroatoms. The average molecular weight is 489 g/mol. The maximum Gasteiger partial charge on any atom is 0.335 e. The van der Waals surface area contributed by atoms with Crippen molar-refractivity contribution in [1.82, 2.24) is 5.32 Å². The number of aliphatic imine (C=N–C) groups is 1. The first-order valence-electron chi connectivity index (χ1n) is 11.3. The van der Waals surface area contributed by atoms with Gasteiger partial charge in [0, 0.05) is 11.0 Å². The van der Waals surface area contributed by atoms with Gasteiger partial charge in [-0.05, 0) is 57.4 Å². The molecule has 2 aliphatic rings. The van der Waals surface area contributed by atoms with E-state index >= 15 is 0 Å². The molecule has 0 fully saturated rings. The van der Waals surface area contributed by atoms with Crippen LogP contribution < -0.4 is 5.32 Å². The largest absolute Gasteiger partial charge is 0.478 e. The van der Waals surface area contributed by atoms with Crippen molar-refractivity contribution in [3.8, 4) is 0 Å². The summed E-state index contributed by atoms with van der Waals surface area (Å²) in [7, 11) is 0. The second-order valence-corrected chi connectivity index (χ2v) is 8.82. The fourth-order valence-corrected chi connectivity index (χ4v) is 3.57. The number of aliphatic hydroxyl groups is 1. The van der Waals surface area contributed by atoms with Crippen LogP contribution in [0.15, 0.2) is 88.2 Å². The number of hydrogen-bond acceptors (Lipinski definition) is 5. The Balaban J connectivity index is 0.00000104. The van der Waals surface area contributed by atoms with Crippen molar-refractivity contribution in [3.05, 3.63) is 83.2 Å². The highest BCUT2D eigenvalue weighted by Crippen LogP contribution is 2.32. The Morgan fingerprint density at radius 2 is 2.03 bits per heavy atom. The lowest BCUT2D eigenvalue weighted by molar-refractivity contribution is -0.132. The minimum Gasteiger partial charge on any atom is -0.478 e. The first kappa shape index (κ1) is 29.2. The lowest BCUT2D eigenvalue weighted by atomic mass is 9.89. The Hall–Kier alpha value is -2.83. The van der Waals surface area contributed by atoms with Crippen molar-refractivity contribution in [2.24, 2.45) is 10.9 Å². The molecule has 0 aromatic heterocycles. The first-order chi connectivity index (χ1) is 15.9. The SMILES string of the molecule is C/C=C\CC.C=C(/C=C/OC1=NC2C=C(Cl)C(C(C)/C=C\C(=C/C)C(C)(C)O)=CC2N1)C(=O)O. The number of nitrogens with one attached hydrogen (secondary N) is 1. The number of amidine groups is 1. The minimum absolute atomic E-state index is 0.0301. The molecule has 0 saturated carbocycles. The van der Waals surface area contributed by atoms with Crippen LogP contribution in [-0.2, 0) is 9.53 Å². The van der Waals surface area contributed by atoms with E-state index in [2.05, 4.69) is 36.0 Å². The van der Waals surface area contributed by atoms with Crippen molar-refractivity contribution in [2.45, 2.75) is 65.6 Å². The highest BCUT2D eigenvalue weighted by atomic mass is 35.5. The Labute approximate surface area is 208 Å². The summed E-state index contributed by atoms with van der Waals surface area (Å²) >= 11 is 6.48. The molecule has 1 aliphatic carbocycles. The van der Waals surface area contributed by atoms with E-state index in [1.807, 2.05) is 51.2 Å². The fourth-order valence-electron chi connectivity index (χ4n) is 3.21. The van der Waals surface area contributed by atoms with Crippen molar-refractivity contribution < 1.29 is 19.7 Å². The third kappa shape index (κ3) is 9.20. The molecule has 34 heavy (non-hydrogen) atoms. The van der Waals surface area contributed by atoms with Crippen LogP contribution >= 0.6 is 11.6 Å². The highest BCUT2D eigenvalue weighted by Gasteiger charge is 2.31. The smallest absolute Gasteiger partial charge is 0.335 e. The van der Waals surface area contributed by atoms with Crippen LogP contribution in [0.4, 0.5) is 0 Å². The van der Waals surface area contributed by atoms with E-state index in [9.17, 15) is 9.90 Å². The van der Waals surface area contributed by atoms with Crippen molar-refractivity contribution in [2.75, 3.05) is 0 Å². The van der Waals surface area contributed by atoms with Crippen LogP contribution in [0.2, 0.25) is 0 Å². The zero-order valence-corrected chi connectivity index (χ0v) is 21.6. The van der Waals surface area contributed by atoms with E-state index in [4.69, 9.17) is 21.4 Å². The zero-order valence-electron chi connectivity index (χ0n) is 20.9. The number of carboxylic acid groups (broad SMARTS) is 1. The van der Waals surface area contributed by atoms with Crippen molar-refractivity contribution >= 4 is 23.6 Å². The predicted octanol–water partition coefficient (Wildman–Crippen LogP) is 5.80. The Kier molecular flexibility index (Phi) is 11.8. The molecule has 3 unspecified atom stereocenters. The van der Waals surface area contributed by atoms with E-state index in [0.717, 1.165) is 17.6 Å². The van der Waals surface area contributed by atoms with Gasteiger partial charge in [0.15, 0.2) is 0 Å². The molecular weight excluding hydrogens is 452 g/mol. The molecule has 0 aromatic rings. The minimum atomic E-state index is -1.12. The summed E-state index contributed by atoms with van der Waals surface area (Å²) in [5.41, 5.74) is 0.780. The average Bonchev–Trinajstić information content (AvgIpc) is 3.14. The van der Waals surface area contributed by atoms with Gasteiger partial charge >= 0.3 is 5.97 Å². The van der Waals surface area contributed by atoms with Gasteiger partial charge in [-0.1, -0.05) is 68.5 Å². The predicted molar refractivity (Wildman–Crippen MR) is 141 cm³/mol. The van der Waals surface area contributed by atoms with Crippen LogP contribution in [-0.4, -0.2) is 39.9 Å². The molecule has 0 aromatic carbocycles. The van der Waals surface area contributed by atoms with Gasteiger partial charge in [0.2, 0.25) is 0 Å². The van der Waals surface area contributed by atoms with Crippen LogP contribution in [0.5, 0.6) is 0 Å². The molecule has 0 spiro atoms. The summed E-state index contributed by atoms with van der Waals surface area (Å²) in [6, 6.07) is -0.0186. The number of fused-ring (bicyclic) bond motifs is 1. The number of allylic oxidation sites excluding steroid dienone is 6. The quantitative estimate of drug-likeness (QED) is 0.174. The summed E-state index contributed by atoms with van der Waals surface area (Å²) in [5.74, 6) is -1.09. The van der Waals surface area contributed by atoms with Gasteiger partial charge in [-0.3, -0.25) is 0 Å². The molecular formula is C27H37ClN2O4. The number of carboxylic acids is 1. The van der Waals surface area contributed by atoms with E-state index in [1.54, 1.807) is 13.8 Å². The van der Waals surface area contributed by atoms with Crippen molar-refractivity contribution in [3.63, 3.8) is 0 Å². The van der Waals surface area contributed by atoms with Gasteiger partial charge in [0.05, 0.1) is 29.5 Å². The third-order valence-corrected chi connectivity index (χ3v) is 5.49. The van der Waals surface area contributed by atoms with Crippen LogP contribution in [0.25, 0.3) is 0 Å². The highest BCUT2D eigenvalue weighted by molar-refractivity contribution is 6.32. The molecule has 2 rings (SSSR count). The standard InChI is InChI=1S/C22H27ClN2O4.C5H10/c1-6-15(22(4,5)28)8-7-13(2)16-11-18-19(12-17(16)23)25-21(24-18)29-10-9-14(3)20(26)27;1-3-5-4-2/h6-13,18-19,28H,3H2,1-2,4-5H3,(H,24,25)(H,26,27);3,5H,4H2,1-2H3/b8-7-,10-9+,15-6+;5-3-. The third-order valence-electron chi connectivity index (χ3n) is 5.14. The second-order valence-electron chi connectivity index (χ2n) is 8.41. The topological polar surface area (TPSA) is 91.2 Å². The van der Waals surface area contributed by atoms with Gasteiger partial charge in [0.1, 0.15) is 0 Å². The van der Waals surface area contributed by atoms with Crippen LogP contribution in [0.3, 0.4) is 0 Å². The maximum absolute atomic E-state index is 10.7. The van der Waals surface area contributed by atoms with Crippen molar-refractivity contribution in [1.29, 1.82) is 0 Å². The number of ether oxygens (including phenoxy) is 1. The molecule has 1 aliphatic heterocycles. The summed E-state index contributed by atoms with van der Waals surface area (Å²) in [5, 5.41) is 22.7. The van der Waals surface area contributed by atoms with Gasteiger partial charge < -0.3 is 20.3 Å². The van der Waals surface area contributed by atoms with E-state index in [0.29, 0.717) is 5.03 Å². The van der Waals surface area contributed by atoms with Gasteiger partial charge in [0.25, 0.3) is 6.02 Å². The number of nitrogens with zero attached hydrogens (tertiary/aromatic N) is 1. The Morgan fingerprint density at radius 1 is 1.35 bits per heavy atom. The van der Waals surface area contributed by atoms with Gasteiger partial charge in [-0.2, -0.15) is 0 Å². The Bertz CT molecular complexity index is 946. The van der Waals surface area contributed by atoms with Crippen LogP contribution in [0.1, 0.15) is 48.0 Å². The lowest BCUT2D eigenvalue weighted by Crippen LogP contribution is -2.35. The molecule has 6 nitrogen and oxygen atoms in total. The number of rotatable bonds is 8. The van der Waals surface area contributed by atoms with E-state index < -0.39 is 11.6 Å². The van der Waals surface area contributed by atoms with E-state index in [1.165, 1.54) is 12.3 Å². The molecule has 0 radical (unpaired) electrons. The second kappa shape index (κ2) is 13.8. The van der Waals surface area contributed by atoms with Crippen LogP contribution in [0, 0.1) is 5.92 Å². The molecule has 3 atom stereocenters. The van der Waals surface area contributed by atoms with E-state index in [-0.39, 0.29) is 29.6 Å². The maximum atomic E-state index is 10.7. The lowest BCUT2D eigenvalue weighted by Gasteiger charge is -2.23.